The first kappa shape index (κ1) is 13.5. The van der Waals surface area contributed by atoms with E-state index >= 15 is 0 Å². The van der Waals surface area contributed by atoms with Crippen LogP contribution in [-0.2, 0) is 13.5 Å². The predicted molar refractivity (Wildman–Crippen MR) is 71.1 cm³/mol. The molecule has 0 aliphatic carbocycles. The molecule has 0 saturated carbocycles. The lowest BCUT2D eigenvalue weighted by atomic mass is 10.2. The molecule has 17 heavy (non-hydrogen) atoms. The minimum absolute atomic E-state index is 0.617. The lowest BCUT2D eigenvalue weighted by Gasteiger charge is -2.12. The summed E-state index contributed by atoms with van der Waals surface area (Å²) in [5.41, 5.74) is 1.24. The van der Waals surface area contributed by atoms with E-state index in [4.69, 9.17) is 0 Å². The van der Waals surface area contributed by atoms with Crippen molar-refractivity contribution in [3.63, 3.8) is 0 Å². The third kappa shape index (κ3) is 5.38. The molecule has 1 aromatic rings. The van der Waals surface area contributed by atoms with Gasteiger partial charge in [0.2, 0.25) is 0 Å². The van der Waals surface area contributed by atoms with Gasteiger partial charge in [0.15, 0.2) is 5.96 Å². The molecule has 0 fully saturated rings. The van der Waals surface area contributed by atoms with Crippen molar-refractivity contribution in [3.8, 4) is 0 Å². The van der Waals surface area contributed by atoms with E-state index in [1.54, 1.807) is 7.05 Å². The average molecular weight is 237 g/mol. The summed E-state index contributed by atoms with van der Waals surface area (Å²) < 4.78 is 1.82. The van der Waals surface area contributed by atoms with Gasteiger partial charge >= 0.3 is 0 Å². The lowest BCUT2D eigenvalue weighted by Crippen LogP contribution is -2.39. The van der Waals surface area contributed by atoms with Crippen LogP contribution in [0.2, 0.25) is 0 Å². The summed E-state index contributed by atoms with van der Waals surface area (Å²) >= 11 is 0. The van der Waals surface area contributed by atoms with Crippen molar-refractivity contribution in [2.24, 2.45) is 18.0 Å². The van der Waals surface area contributed by atoms with Gasteiger partial charge in [-0.25, -0.2) is 0 Å². The Labute approximate surface area is 103 Å². The van der Waals surface area contributed by atoms with Crippen LogP contribution >= 0.6 is 0 Å². The standard InChI is InChI=1S/C12H23N5/c1-10(2)7-15-12(13-3)14-6-5-11-8-16-17(4)9-11/h8-10H,5-7H2,1-4H3,(H2,13,14,15). The molecule has 0 saturated heterocycles. The summed E-state index contributed by atoms with van der Waals surface area (Å²) in [6, 6.07) is 0. The monoisotopic (exact) mass is 237 g/mol. The van der Waals surface area contributed by atoms with Crippen molar-refractivity contribution in [2.75, 3.05) is 20.1 Å². The van der Waals surface area contributed by atoms with Crippen LogP contribution in [0.1, 0.15) is 19.4 Å². The van der Waals surface area contributed by atoms with E-state index in [0.717, 1.165) is 25.5 Å². The van der Waals surface area contributed by atoms with E-state index < -0.39 is 0 Å². The molecule has 0 atom stereocenters. The number of aromatic nitrogens is 2. The molecule has 5 heteroatoms. The van der Waals surface area contributed by atoms with Crippen LogP contribution in [0.25, 0.3) is 0 Å². The van der Waals surface area contributed by atoms with Gasteiger partial charge in [0.25, 0.3) is 0 Å². The van der Waals surface area contributed by atoms with Gasteiger partial charge < -0.3 is 10.6 Å². The van der Waals surface area contributed by atoms with Crippen LogP contribution in [0.15, 0.2) is 17.4 Å². The van der Waals surface area contributed by atoms with Crippen molar-refractivity contribution in [1.82, 2.24) is 20.4 Å². The van der Waals surface area contributed by atoms with Crippen LogP contribution in [0.4, 0.5) is 0 Å². The first-order valence-electron chi connectivity index (χ1n) is 6.04. The summed E-state index contributed by atoms with van der Waals surface area (Å²) in [6.45, 7) is 6.15. The molecule has 0 aliphatic heterocycles. The largest absolute Gasteiger partial charge is 0.356 e. The van der Waals surface area contributed by atoms with Gasteiger partial charge in [-0.1, -0.05) is 13.8 Å². The molecule has 1 aromatic heterocycles. The van der Waals surface area contributed by atoms with Crippen LogP contribution in [0.3, 0.4) is 0 Å². The van der Waals surface area contributed by atoms with E-state index in [1.807, 2.05) is 24.1 Å². The highest BCUT2D eigenvalue weighted by Gasteiger charge is 2.00. The number of nitrogens with zero attached hydrogens (tertiary/aromatic N) is 3. The Morgan fingerprint density at radius 1 is 1.47 bits per heavy atom. The van der Waals surface area contributed by atoms with Crippen molar-refractivity contribution in [3.05, 3.63) is 18.0 Å². The summed E-state index contributed by atoms with van der Waals surface area (Å²) in [6.07, 6.45) is 4.88. The number of hydrogen-bond acceptors (Lipinski definition) is 2. The zero-order valence-electron chi connectivity index (χ0n) is 11.2. The average Bonchev–Trinajstić information content (AvgIpc) is 2.69. The number of aryl methyl sites for hydroxylation is 1. The smallest absolute Gasteiger partial charge is 0.190 e. The first-order chi connectivity index (χ1) is 8.11. The lowest BCUT2D eigenvalue weighted by molar-refractivity contribution is 0.614. The van der Waals surface area contributed by atoms with Crippen LogP contribution < -0.4 is 10.6 Å². The number of rotatable bonds is 5. The molecule has 5 nitrogen and oxygen atoms in total. The maximum absolute atomic E-state index is 4.17. The molecule has 0 aromatic carbocycles. The molecular formula is C12H23N5. The van der Waals surface area contributed by atoms with Gasteiger partial charge in [0.05, 0.1) is 6.20 Å². The zero-order chi connectivity index (χ0) is 12.7. The number of nitrogens with one attached hydrogen (secondary N) is 2. The fourth-order valence-electron chi connectivity index (χ4n) is 1.45. The van der Waals surface area contributed by atoms with E-state index in [2.05, 4.69) is 34.6 Å². The number of aliphatic imine (C=N–C) groups is 1. The second-order valence-corrected chi connectivity index (χ2v) is 4.55. The highest BCUT2D eigenvalue weighted by Crippen LogP contribution is 1.95. The van der Waals surface area contributed by atoms with Gasteiger partial charge in [0, 0.05) is 33.4 Å². The Morgan fingerprint density at radius 3 is 2.76 bits per heavy atom. The zero-order valence-corrected chi connectivity index (χ0v) is 11.2. The van der Waals surface area contributed by atoms with Crippen molar-refractivity contribution in [1.29, 1.82) is 0 Å². The Hall–Kier alpha value is -1.52. The van der Waals surface area contributed by atoms with Crippen LogP contribution in [0, 0.1) is 5.92 Å². The highest BCUT2D eigenvalue weighted by molar-refractivity contribution is 5.79. The minimum atomic E-state index is 0.617. The molecule has 0 bridgehead atoms. The quantitative estimate of drug-likeness (QED) is 0.588. The maximum Gasteiger partial charge on any atom is 0.190 e. The summed E-state index contributed by atoms with van der Waals surface area (Å²) in [5.74, 6) is 1.48. The molecule has 2 N–H and O–H groups in total. The first-order valence-corrected chi connectivity index (χ1v) is 6.04. The minimum Gasteiger partial charge on any atom is -0.356 e. The van der Waals surface area contributed by atoms with E-state index in [9.17, 15) is 0 Å². The van der Waals surface area contributed by atoms with Gasteiger partial charge in [0.1, 0.15) is 0 Å². The Morgan fingerprint density at radius 2 is 2.24 bits per heavy atom. The fourth-order valence-corrected chi connectivity index (χ4v) is 1.45. The van der Waals surface area contributed by atoms with Crippen LogP contribution in [0.5, 0.6) is 0 Å². The van der Waals surface area contributed by atoms with E-state index in [-0.39, 0.29) is 0 Å². The molecule has 0 unspecified atom stereocenters. The molecule has 0 amide bonds. The molecule has 1 heterocycles. The number of guanidine groups is 1. The Kier molecular flexibility index (Phi) is 5.52. The molecular weight excluding hydrogens is 214 g/mol. The summed E-state index contributed by atoms with van der Waals surface area (Å²) in [7, 11) is 3.72. The van der Waals surface area contributed by atoms with Crippen LogP contribution in [-0.4, -0.2) is 35.9 Å². The normalized spacial score (nSPS) is 11.9. The maximum atomic E-state index is 4.17. The molecule has 1 rings (SSSR count). The molecule has 96 valence electrons. The topological polar surface area (TPSA) is 54.2 Å². The van der Waals surface area contributed by atoms with Gasteiger partial charge in [-0.15, -0.1) is 0 Å². The van der Waals surface area contributed by atoms with Crippen molar-refractivity contribution >= 4 is 5.96 Å². The predicted octanol–water partition coefficient (Wildman–Crippen LogP) is 0.784. The third-order valence-electron chi connectivity index (χ3n) is 2.37. The van der Waals surface area contributed by atoms with E-state index in [1.165, 1.54) is 5.56 Å². The van der Waals surface area contributed by atoms with Crippen molar-refractivity contribution < 1.29 is 0 Å². The second-order valence-electron chi connectivity index (χ2n) is 4.55. The Balaban J connectivity index is 2.24. The highest BCUT2D eigenvalue weighted by atomic mass is 15.2. The second kappa shape index (κ2) is 6.93. The van der Waals surface area contributed by atoms with Crippen molar-refractivity contribution in [2.45, 2.75) is 20.3 Å². The molecule has 0 spiro atoms. The number of hydrogen-bond donors (Lipinski definition) is 2. The summed E-state index contributed by atoms with van der Waals surface area (Å²) in [4.78, 5) is 4.17. The van der Waals surface area contributed by atoms with Gasteiger partial charge in [-0.2, -0.15) is 5.10 Å². The SMILES string of the molecule is CN=C(NCCc1cnn(C)c1)NCC(C)C. The molecule has 0 radical (unpaired) electrons. The van der Waals surface area contributed by atoms with E-state index in [0.29, 0.717) is 5.92 Å². The Bertz CT molecular complexity index is 354. The molecule has 0 aliphatic rings. The summed E-state index contributed by atoms with van der Waals surface area (Å²) in [5, 5.41) is 10.7. The van der Waals surface area contributed by atoms with Gasteiger partial charge in [-0.3, -0.25) is 9.67 Å². The fraction of sp³-hybridized carbons (Fsp3) is 0.667. The third-order valence-corrected chi connectivity index (χ3v) is 2.37. The van der Waals surface area contributed by atoms with Gasteiger partial charge in [-0.05, 0) is 17.9 Å².